The SMILES string of the molecule is CC12C(=O)N(c3ccc(F)c(Cl)c3)C(=O)C1CC1C(=CCC3C(=O)N(CCC(=O)O)C(=O)C31)C2c1cc(Cl)ccc1O. The highest BCUT2D eigenvalue weighted by molar-refractivity contribution is 6.32. The lowest BCUT2D eigenvalue weighted by atomic mass is 9.51. The van der Waals surface area contributed by atoms with Gasteiger partial charge in [0.25, 0.3) is 0 Å². The number of anilines is 1. The first-order valence-electron chi connectivity index (χ1n) is 13.4. The lowest BCUT2D eigenvalue weighted by Crippen LogP contribution is -2.49. The van der Waals surface area contributed by atoms with Gasteiger partial charge in [-0.15, -0.1) is 0 Å². The van der Waals surface area contributed by atoms with Gasteiger partial charge in [-0.05, 0) is 62.1 Å². The summed E-state index contributed by atoms with van der Waals surface area (Å²) in [5, 5.41) is 20.2. The molecule has 0 spiro atoms. The fourth-order valence-corrected chi connectivity index (χ4v) is 7.83. The van der Waals surface area contributed by atoms with E-state index in [1.807, 2.05) is 0 Å². The number of likely N-dealkylation sites (tertiary alicyclic amines) is 1. The van der Waals surface area contributed by atoms with Crippen LogP contribution in [0.1, 0.15) is 37.7 Å². The first-order valence-corrected chi connectivity index (χ1v) is 14.2. The monoisotopic (exact) mass is 614 g/mol. The number of allylic oxidation sites excluding steroid dienone is 2. The molecule has 218 valence electrons. The van der Waals surface area contributed by atoms with E-state index < -0.39 is 76.8 Å². The Morgan fingerprint density at radius 1 is 1.05 bits per heavy atom. The summed E-state index contributed by atoms with van der Waals surface area (Å²) in [5.41, 5.74) is -0.426. The number of aromatic hydroxyl groups is 1. The van der Waals surface area contributed by atoms with Gasteiger partial charge in [-0.3, -0.25) is 28.9 Å². The highest BCUT2D eigenvalue weighted by atomic mass is 35.5. The van der Waals surface area contributed by atoms with Crippen molar-refractivity contribution in [3.8, 4) is 5.75 Å². The van der Waals surface area contributed by atoms with Gasteiger partial charge >= 0.3 is 5.97 Å². The third-order valence-corrected chi connectivity index (χ3v) is 9.90. The number of rotatable bonds is 5. The molecule has 2 aliphatic heterocycles. The number of phenolic OH excluding ortho intramolecular Hbond substituents is 1. The summed E-state index contributed by atoms with van der Waals surface area (Å²) in [6.07, 6.45) is 1.63. The summed E-state index contributed by atoms with van der Waals surface area (Å²) in [5.74, 6) is -8.28. The average Bonchev–Trinajstić information content (AvgIpc) is 3.30. The molecule has 1 saturated carbocycles. The number of imide groups is 2. The zero-order chi connectivity index (χ0) is 30.2. The van der Waals surface area contributed by atoms with Crippen LogP contribution in [0.2, 0.25) is 10.0 Å². The molecule has 2 aromatic rings. The van der Waals surface area contributed by atoms with Gasteiger partial charge in [0.2, 0.25) is 23.6 Å². The fraction of sp³-hybridized carbons (Fsp3) is 0.367. The maximum atomic E-state index is 14.3. The van der Waals surface area contributed by atoms with E-state index in [0.29, 0.717) is 11.1 Å². The largest absolute Gasteiger partial charge is 0.508 e. The van der Waals surface area contributed by atoms with Gasteiger partial charge in [0.15, 0.2) is 0 Å². The van der Waals surface area contributed by atoms with Crippen molar-refractivity contribution in [1.82, 2.24) is 4.90 Å². The van der Waals surface area contributed by atoms with Gasteiger partial charge in [0, 0.05) is 23.0 Å². The molecular formula is C30H25Cl2FN2O7. The molecule has 2 N–H and O–H groups in total. The van der Waals surface area contributed by atoms with Crippen molar-refractivity contribution >= 4 is 58.5 Å². The number of nitrogens with zero attached hydrogens (tertiary/aromatic N) is 2. The number of amides is 4. The second kappa shape index (κ2) is 9.91. The third kappa shape index (κ3) is 3.99. The Labute approximate surface area is 249 Å². The molecule has 42 heavy (non-hydrogen) atoms. The number of hydrogen-bond acceptors (Lipinski definition) is 6. The minimum Gasteiger partial charge on any atom is -0.508 e. The maximum Gasteiger partial charge on any atom is 0.305 e. The van der Waals surface area contributed by atoms with E-state index in [9.17, 15) is 33.5 Å². The average molecular weight is 615 g/mol. The molecule has 2 saturated heterocycles. The van der Waals surface area contributed by atoms with E-state index in [4.69, 9.17) is 28.3 Å². The van der Waals surface area contributed by atoms with Crippen LogP contribution in [-0.2, 0) is 24.0 Å². The normalized spacial score (nSPS) is 30.3. The van der Waals surface area contributed by atoms with Crippen molar-refractivity contribution < 1.29 is 38.6 Å². The van der Waals surface area contributed by atoms with Crippen molar-refractivity contribution in [2.75, 3.05) is 11.4 Å². The number of carbonyl (C=O) groups excluding carboxylic acids is 4. The number of fused-ring (bicyclic) bond motifs is 4. The molecule has 12 heteroatoms. The Kier molecular flexibility index (Phi) is 6.69. The van der Waals surface area contributed by atoms with Crippen LogP contribution in [0.5, 0.6) is 5.75 Å². The Hall–Kier alpha value is -3.76. The molecule has 4 aliphatic rings. The van der Waals surface area contributed by atoms with Crippen LogP contribution >= 0.6 is 23.2 Å². The molecule has 0 radical (unpaired) electrons. The zero-order valence-corrected chi connectivity index (χ0v) is 23.7. The number of carboxylic acids is 1. The van der Waals surface area contributed by atoms with Crippen molar-refractivity contribution in [1.29, 1.82) is 0 Å². The predicted molar refractivity (Wildman–Crippen MR) is 148 cm³/mol. The van der Waals surface area contributed by atoms with E-state index in [0.717, 1.165) is 15.9 Å². The van der Waals surface area contributed by atoms with Crippen LogP contribution in [0.4, 0.5) is 10.1 Å². The molecule has 6 atom stereocenters. The van der Waals surface area contributed by atoms with Crippen LogP contribution in [0.25, 0.3) is 0 Å². The van der Waals surface area contributed by atoms with Crippen LogP contribution in [0, 0.1) is 34.9 Å². The van der Waals surface area contributed by atoms with Crippen molar-refractivity contribution in [2.45, 2.75) is 32.1 Å². The standard InChI is InChI=1S/C30H25Cl2FN2O7/c1-30-19(27(40)35(29(30)42)14-3-6-21(33)20(32)11-14)12-17-15(25(30)18-10-13(31)2-7-22(18)36)4-5-16-24(17)28(41)34(26(16)39)9-8-23(37)38/h2-4,6-7,10-11,16-17,19,24-25,36H,5,8-9,12H2,1H3,(H,37,38). The topological polar surface area (TPSA) is 132 Å². The third-order valence-electron chi connectivity index (χ3n) is 9.38. The second-order valence-corrected chi connectivity index (χ2v) is 12.3. The van der Waals surface area contributed by atoms with Crippen LogP contribution < -0.4 is 4.90 Å². The lowest BCUT2D eigenvalue weighted by Gasteiger charge is -2.49. The van der Waals surface area contributed by atoms with Crippen LogP contribution in [-0.4, -0.2) is 51.3 Å². The number of benzene rings is 2. The van der Waals surface area contributed by atoms with Gasteiger partial charge in [-0.25, -0.2) is 9.29 Å². The molecule has 6 rings (SSSR count). The van der Waals surface area contributed by atoms with Gasteiger partial charge in [-0.2, -0.15) is 0 Å². The first kappa shape index (κ1) is 28.4. The fourth-order valence-electron chi connectivity index (χ4n) is 7.48. The molecule has 2 heterocycles. The minimum atomic E-state index is -1.44. The van der Waals surface area contributed by atoms with Crippen LogP contribution in [0.3, 0.4) is 0 Å². The van der Waals surface area contributed by atoms with Crippen molar-refractivity contribution in [2.24, 2.45) is 29.1 Å². The number of carbonyl (C=O) groups is 5. The molecule has 4 amide bonds. The summed E-state index contributed by atoms with van der Waals surface area (Å²) in [7, 11) is 0. The molecule has 2 aliphatic carbocycles. The van der Waals surface area contributed by atoms with E-state index in [1.54, 1.807) is 13.0 Å². The summed E-state index contributed by atoms with van der Waals surface area (Å²) in [4.78, 5) is 68.4. The molecule has 9 nitrogen and oxygen atoms in total. The molecule has 3 fully saturated rings. The Balaban J connectivity index is 1.50. The molecular weight excluding hydrogens is 590 g/mol. The van der Waals surface area contributed by atoms with Crippen molar-refractivity contribution in [3.05, 3.63) is 69.5 Å². The van der Waals surface area contributed by atoms with Crippen LogP contribution in [0.15, 0.2) is 48.0 Å². The molecule has 0 aromatic heterocycles. The van der Waals surface area contributed by atoms with E-state index in [2.05, 4.69) is 0 Å². The second-order valence-electron chi connectivity index (χ2n) is 11.4. The summed E-state index contributed by atoms with van der Waals surface area (Å²) >= 11 is 12.3. The highest BCUT2D eigenvalue weighted by Gasteiger charge is 2.67. The summed E-state index contributed by atoms with van der Waals surface area (Å²) in [6.45, 7) is 1.37. The molecule has 2 aromatic carbocycles. The van der Waals surface area contributed by atoms with Gasteiger partial charge in [-0.1, -0.05) is 34.9 Å². The Morgan fingerprint density at radius 3 is 2.48 bits per heavy atom. The number of hydrogen-bond donors (Lipinski definition) is 2. The predicted octanol–water partition coefficient (Wildman–Crippen LogP) is 4.54. The first-order chi connectivity index (χ1) is 19.9. The molecule has 6 unspecified atom stereocenters. The maximum absolute atomic E-state index is 14.3. The number of aliphatic carboxylic acids is 1. The number of carboxylic acid groups (broad SMARTS) is 1. The minimum absolute atomic E-state index is 0.0586. The van der Waals surface area contributed by atoms with E-state index >= 15 is 0 Å². The molecule has 0 bridgehead atoms. The van der Waals surface area contributed by atoms with Crippen molar-refractivity contribution in [3.63, 3.8) is 0 Å². The van der Waals surface area contributed by atoms with Gasteiger partial charge in [0.05, 0.1) is 40.3 Å². The summed E-state index contributed by atoms with van der Waals surface area (Å²) in [6, 6.07) is 7.94. The Bertz CT molecular complexity index is 1630. The van der Waals surface area contributed by atoms with Gasteiger partial charge < -0.3 is 10.2 Å². The van der Waals surface area contributed by atoms with E-state index in [1.165, 1.54) is 30.3 Å². The smallest absolute Gasteiger partial charge is 0.305 e. The number of phenols is 1. The Morgan fingerprint density at radius 2 is 1.79 bits per heavy atom. The highest BCUT2D eigenvalue weighted by Crippen LogP contribution is 2.64. The number of halogens is 3. The van der Waals surface area contributed by atoms with Gasteiger partial charge in [0.1, 0.15) is 11.6 Å². The quantitative estimate of drug-likeness (QED) is 0.373. The summed E-state index contributed by atoms with van der Waals surface area (Å²) < 4.78 is 14.0. The van der Waals surface area contributed by atoms with E-state index in [-0.39, 0.29) is 40.9 Å². The lowest BCUT2D eigenvalue weighted by molar-refractivity contribution is -0.142. The zero-order valence-electron chi connectivity index (χ0n) is 22.2.